The van der Waals surface area contributed by atoms with Gasteiger partial charge in [-0.25, -0.2) is 4.99 Å². The molecule has 1 aromatic carbocycles. The number of phenols is 1. The number of likely N-dealkylation sites (tertiary alicyclic amines) is 1. The first-order valence-electron chi connectivity index (χ1n) is 10.5. The second-order valence-corrected chi connectivity index (χ2v) is 7.89. The fourth-order valence-electron chi connectivity index (χ4n) is 4.67. The summed E-state index contributed by atoms with van der Waals surface area (Å²) in [5, 5.41) is 13.9. The van der Waals surface area contributed by atoms with E-state index in [9.17, 15) is 5.11 Å². The summed E-state index contributed by atoms with van der Waals surface area (Å²) in [7, 11) is 0. The molecule has 3 aliphatic rings. The molecule has 154 valence electrons. The number of phenolic OH excluding ortho intramolecular Hbond substituents is 1. The van der Waals surface area contributed by atoms with Gasteiger partial charge < -0.3 is 15.3 Å². The van der Waals surface area contributed by atoms with Crippen LogP contribution in [0.15, 0.2) is 29.3 Å². The maximum Gasteiger partial charge on any atom is 0.194 e. The minimum atomic E-state index is 0. The van der Waals surface area contributed by atoms with E-state index in [0.717, 1.165) is 57.1 Å². The monoisotopic (exact) mass is 496 g/mol. The summed E-state index contributed by atoms with van der Waals surface area (Å²) in [4.78, 5) is 9.87. The Kier molecular flexibility index (Phi) is 7.62. The average molecular weight is 496 g/mol. The largest absolute Gasteiger partial charge is 0.508 e. The summed E-state index contributed by atoms with van der Waals surface area (Å²) >= 11 is 0. The first-order chi connectivity index (χ1) is 13.3. The summed E-state index contributed by atoms with van der Waals surface area (Å²) < 4.78 is 0. The third-order valence-electron chi connectivity index (χ3n) is 6.17. The van der Waals surface area contributed by atoms with Crippen molar-refractivity contribution in [2.75, 3.05) is 32.7 Å². The summed E-state index contributed by atoms with van der Waals surface area (Å²) in [5.74, 6) is 1.39. The van der Waals surface area contributed by atoms with Crippen LogP contribution in [0.5, 0.6) is 5.75 Å². The number of rotatable bonds is 4. The van der Waals surface area contributed by atoms with Crippen LogP contribution in [0.4, 0.5) is 0 Å². The number of halogens is 1. The third kappa shape index (κ3) is 4.64. The lowest BCUT2D eigenvalue weighted by molar-refractivity contribution is 0.259. The van der Waals surface area contributed by atoms with Gasteiger partial charge in [0, 0.05) is 44.3 Å². The first kappa shape index (κ1) is 21.4. The molecule has 4 rings (SSSR count). The van der Waals surface area contributed by atoms with E-state index in [0.29, 0.717) is 18.3 Å². The molecule has 2 N–H and O–H groups in total. The van der Waals surface area contributed by atoms with Gasteiger partial charge in [0.25, 0.3) is 0 Å². The van der Waals surface area contributed by atoms with Gasteiger partial charge in [-0.3, -0.25) is 4.90 Å². The average Bonchev–Trinajstić information content (AvgIpc) is 3.38. The van der Waals surface area contributed by atoms with Gasteiger partial charge in [-0.05, 0) is 56.2 Å². The molecular formula is C22H33IN4O. The summed E-state index contributed by atoms with van der Waals surface area (Å²) in [6.45, 7) is 7.79. The molecule has 1 aromatic rings. The van der Waals surface area contributed by atoms with E-state index in [-0.39, 0.29) is 24.0 Å². The number of aliphatic imine (C=N–C) groups is 1. The fourth-order valence-corrected chi connectivity index (χ4v) is 4.67. The van der Waals surface area contributed by atoms with Crippen molar-refractivity contribution in [3.8, 4) is 5.75 Å². The van der Waals surface area contributed by atoms with Crippen molar-refractivity contribution < 1.29 is 5.11 Å². The predicted molar refractivity (Wildman–Crippen MR) is 126 cm³/mol. The van der Waals surface area contributed by atoms with E-state index in [1.165, 1.54) is 30.4 Å². The molecule has 1 fully saturated rings. The first-order valence-corrected chi connectivity index (χ1v) is 10.5. The lowest BCUT2D eigenvalue weighted by Gasteiger charge is -2.26. The van der Waals surface area contributed by atoms with E-state index in [4.69, 9.17) is 4.99 Å². The molecule has 1 atom stereocenters. The molecule has 0 bridgehead atoms. The summed E-state index contributed by atoms with van der Waals surface area (Å²) in [6.07, 6.45) is 10.4. The third-order valence-corrected chi connectivity index (χ3v) is 6.17. The second-order valence-electron chi connectivity index (χ2n) is 7.89. The number of aryl methyl sites for hydroxylation is 1. The van der Waals surface area contributed by atoms with Crippen LogP contribution in [0.3, 0.4) is 0 Å². The van der Waals surface area contributed by atoms with E-state index in [2.05, 4.69) is 40.3 Å². The Labute approximate surface area is 185 Å². The Morgan fingerprint density at radius 3 is 2.79 bits per heavy atom. The highest BCUT2D eigenvalue weighted by Gasteiger charge is 2.29. The van der Waals surface area contributed by atoms with Gasteiger partial charge in [0.2, 0.25) is 0 Å². The normalized spacial score (nSPS) is 22.2. The van der Waals surface area contributed by atoms with Gasteiger partial charge in [-0.2, -0.15) is 0 Å². The Bertz CT molecular complexity index is 725. The lowest BCUT2D eigenvalue weighted by Crippen LogP contribution is -2.42. The van der Waals surface area contributed by atoms with Crippen LogP contribution in [0.1, 0.15) is 42.9 Å². The zero-order chi connectivity index (χ0) is 18.6. The molecular weight excluding hydrogens is 463 g/mol. The van der Waals surface area contributed by atoms with Gasteiger partial charge in [0.15, 0.2) is 5.96 Å². The van der Waals surface area contributed by atoms with Gasteiger partial charge in [0.1, 0.15) is 5.75 Å². The van der Waals surface area contributed by atoms with Crippen LogP contribution < -0.4 is 5.32 Å². The van der Waals surface area contributed by atoms with Crippen LogP contribution in [-0.4, -0.2) is 59.6 Å². The minimum absolute atomic E-state index is 0. The number of hydrogen-bond donors (Lipinski definition) is 2. The smallest absolute Gasteiger partial charge is 0.194 e. The highest BCUT2D eigenvalue weighted by atomic mass is 127. The van der Waals surface area contributed by atoms with Gasteiger partial charge in [-0.1, -0.05) is 18.2 Å². The molecule has 1 saturated heterocycles. The number of benzene rings is 1. The van der Waals surface area contributed by atoms with Crippen LogP contribution in [0, 0.1) is 0 Å². The van der Waals surface area contributed by atoms with E-state index >= 15 is 0 Å². The Balaban J connectivity index is 0.00000225. The molecule has 1 aliphatic carbocycles. The van der Waals surface area contributed by atoms with Crippen LogP contribution in [0.25, 0.3) is 0 Å². The topological polar surface area (TPSA) is 51.1 Å². The Morgan fingerprint density at radius 1 is 1.21 bits per heavy atom. The fraction of sp³-hybridized carbons (Fsp3) is 0.591. The number of aromatic hydroxyl groups is 1. The Morgan fingerprint density at radius 2 is 2.00 bits per heavy atom. The summed E-state index contributed by atoms with van der Waals surface area (Å²) in [6, 6.07) is 4.56. The molecule has 0 amide bonds. The molecule has 0 saturated carbocycles. The quantitative estimate of drug-likeness (QED) is 0.291. The zero-order valence-electron chi connectivity index (χ0n) is 16.9. The van der Waals surface area contributed by atoms with Crippen LogP contribution in [-0.2, 0) is 19.4 Å². The number of nitrogens with one attached hydrogen (secondary N) is 1. The molecule has 2 aliphatic heterocycles. The van der Waals surface area contributed by atoms with Gasteiger partial charge in [-0.15, -0.1) is 24.0 Å². The van der Waals surface area contributed by atoms with Crippen LogP contribution in [0.2, 0.25) is 0 Å². The lowest BCUT2D eigenvalue weighted by atomic mass is 9.88. The maximum absolute atomic E-state index is 10.4. The molecule has 0 aromatic heterocycles. The van der Waals surface area contributed by atoms with Gasteiger partial charge in [0.05, 0.1) is 6.54 Å². The van der Waals surface area contributed by atoms with Crippen molar-refractivity contribution >= 4 is 29.9 Å². The predicted octanol–water partition coefficient (Wildman–Crippen LogP) is 3.30. The SMILES string of the molecule is CCNC(=NCc1c(O)ccc2c1CCCC2)N1CCC(N2CC=CC2)C1.I. The number of nitrogens with zero attached hydrogens (tertiary/aromatic N) is 3. The van der Waals surface area contributed by atoms with E-state index in [1.54, 1.807) is 0 Å². The van der Waals surface area contributed by atoms with E-state index in [1.807, 2.05) is 6.07 Å². The number of fused-ring (bicyclic) bond motifs is 1. The number of hydrogen-bond acceptors (Lipinski definition) is 3. The molecule has 5 nitrogen and oxygen atoms in total. The van der Waals surface area contributed by atoms with Crippen molar-refractivity contribution in [3.63, 3.8) is 0 Å². The van der Waals surface area contributed by atoms with E-state index < -0.39 is 0 Å². The zero-order valence-corrected chi connectivity index (χ0v) is 19.2. The van der Waals surface area contributed by atoms with Crippen molar-refractivity contribution in [1.29, 1.82) is 0 Å². The van der Waals surface area contributed by atoms with Crippen molar-refractivity contribution in [2.45, 2.75) is 51.6 Å². The molecule has 0 spiro atoms. The molecule has 0 radical (unpaired) electrons. The standard InChI is InChI=1S/C22H32N4O.HI/c1-2-23-22(26-14-11-18(16-26)25-12-5-6-13-25)24-15-20-19-8-4-3-7-17(19)9-10-21(20)27;/h5-6,9-10,18,27H,2-4,7-8,11-16H2,1H3,(H,23,24);1H. The van der Waals surface area contributed by atoms with Crippen molar-refractivity contribution in [3.05, 3.63) is 41.0 Å². The number of guanidine groups is 1. The van der Waals surface area contributed by atoms with Crippen molar-refractivity contribution in [2.24, 2.45) is 4.99 Å². The van der Waals surface area contributed by atoms with Crippen LogP contribution >= 0.6 is 24.0 Å². The molecule has 1 unspecified atom stereocenters. The molecule has 6 heteroatoms. The molecule has 28 heavy (non-hydrogen) atoms. The molecule has 2 heterocycles. The van der Waals surface area contributed by atoms with Crippen molar-refractivity contribution in [1.82, 2.24) is 15.1 Å². The highest BCUT2D eigenvalue weighted by Crippen LogP contribution is 2.31. The summed E-state index contributed by atoms with van der Waals surface area (Å²) in [5.41, 5.74) is 3.77. The Hall–Kier alpha value is -1.28. The maximum atomic E-state index is 10.4. The second kappa shape index (κ2) is 9.96. The highest BCUT2D eigenvalue weighted by molar-refractivity contribution is 14.0. The van der Waals surface area contributed by atoms with Gasteiger partial charge >= 0.3 is 0 Å². The minimum Gasteiger partial charge on any atom is -0.508 e.